The monoisotopic (exact) mass is 397 g/mol. The first-order valence-electron chi connectivity index (χ1n) is 9.91. The summed E-state index contributed by atoms with van der Waals surface area (Å²) in [7, 11) is 0. The SMILES string of the molecule is Cc1ccc(-n2nc(C)c3sc(N4CCCN(C(=O)C(C)C)CC4)nc32)cc1. The molecule has 0 unspecified atom stereocenters. The largest absolute Gasteiger partial charge is 0.346 e. The minimum Gasteiger partial charge on any atom is -0.346 e. The molecular weight excluding hydrogens is 370 g/mol. The van der Waals surface area contributed by atoms with Crippen molar-refractivity contribution in [3.63, 3.8) is 0 Å². The predicted octanol–water partition coefficient (Wildman–Crippen LogP) is 3.79. The first kappa shape index (κ1) is 18.9. The number of aromatic nitrogens is 3. The standard InChI is InChI=1S/C21H27N5OS/c1-14(2)20(27)24-10-5-11-25(13-12-24)21-22-19-18(28-21)16(4)23-26(19)17-8-6-15(3)7-9-17/h6-9,14H,5,10-13H2,1-4H3. The van der Waals surface area contributed by atoms with Crippen molar-refractivity contribution in [3.8, 4) is 5.69 Å². The number of hydrogen-bond acceptors (Lipinski definition) is 5. The van der Waals surface area contributed by atoms with E-state index in [1.54, 1.807) is 11.3 Å². The van der Waals surface area contributed by atoms with Gasteiger partial charge in [-0.05, 0) is 32.4 Å². The van der Waals surface area contributed by atoms with Crippen molar-refractivity contribution < 1.29 is 4.79 Å². The Labute approximate surface area is 169 Å². The fourth-order valence-electron chi connectivity index (χ4n) is 3.62. The van der Waals surface area contributed by atoms with Crippen molar-refractivity contribution in [2.75, 3.05) is 31.1 Å². The molecule has 7 heteroatoms. The van der Waals surface area contributed by atoms with E-state index in [1.807, 2.05) is 30.4 Å². The Balaban J connectivity index is 1.61. The molecule has 1 saturated heterocycles. The molecule has 1 aliphatic heterocycles. The number of amides is 1. The van der Waals surface area contributed by atoms with E-state index < -0.39 is 0 Å². The van der Waals surface area contributed by atoms with Gasteiger partial charge in [0, 0.05) is 32.1 Å². The number of benzene rings is 1. The second-order valence-corrected chi connectivity index (χ2v) is 8.78. The normalized spacial score (nSPS) is 15.5. The number of rotatable bonds is 3. The average Bonchev–Trinajstić information content (AvgIpc) is 3.13. The molecule has 2 aromatic heterocycles. The Morgan fingerprint density at radius 2 is 1.82 bits per heavy atom. The van der Waals surface area contributed by atoms with Crippen LogP contribution in [0.1, 0.15) is 31.5 Å². The van der Waals surface area contributed by atoms with Gasteiger partial charge < -0.3 is 9.80 Å². The highest BCUT2D eigenvalue weighted by Crippen LogP contribution is 2.33. The lowest BCUT2D eigenvalue weighted by Crippen LogP contribution is -2.37. The lowest BCUT2D eigenvalue weighted by molar-refractivity contribution is -0.134. The maximum absolute atomic E-state index is 12.3. The minimum atomic E-state index is 0.0529. The fourth-order valence-corrected chi connectivity index (χ4v) is 4.66. The van der Waals surface area contributed by atoms with Crippen molar-refractivity contribution >= 4 is 32.7 Å². The second-order valence-electron chi connectivity index (χ2n) is 7.80. The van der Waals surface area contributed by atoms with Crippen molar-refractivity contribution in [1.82, 2.24) is 19.7 Å². The van der Waals surface area contributed by atoms with Gasteiger partial charge in [-0.3, -0.25) is 4.79 Å². The molecule has 0 spiro atoms. The predicted molar refractivity (Wildman–Crippen MR) is 114 cm³/mol. The molecule has 148 valence electrons. The highest BCUT2D eigenvalue weighted by atomic mass is 32.1. The molecular formula is C21H27N5OS. The molecule has 0 bridgehead atoms. The van der Waals surface area contributed by atoms with Crippen molar-refractivity contribution in [2.45, 2.75) is 34.1 Å². The Hall–Kier alpha value is -2.41. The van der Waals surface area contributed by atoms with Crippen molar-refractivity contribution in [2.24, 2.45) is 5.92 Å². The number of hydrogen-bond donors (Lipinski definition) is 0. The molecule has 1 amide bonds. The van der Waals surface area contributed by atoms with Crippen LogP contribution in [0.15, 0.2) is 24.3 Å². The summed E-state index contributed by atoms with van der Waals surface area (Å²) in [4.78, 5) is 21.6. The lowest BCUT2D eigenvalue weighted by Gasteiger charge is -2.23. The molecule has 6 nitrogen and oxygen atoms in total. The number of carbonyl (C=O) groups excluding carboxylic acids is 1. The third-order valence-corrected chi connectivity index (χ3v) is 6.44. The van der Waals surface area contributed by atoms with Gasteiger partial charge in [0.15, 0.2) is 10.8 Å². The average molecular weight is 398 g/mol. The molecule has 0 aliphatic carbocycles. The Bertz CT molecular complexity index is 988. The van der Waals surface area contributed by atoms with E-state index in [9.17, 15) is 4.79 Å². The lowest BCUT2D eigenvalue weighted by atomic mass is 10.2. The molecule has 1 aromatic carbocycles. The number of anilines is 1. The van der Waals surface area contributed by atoms with Gasteiger partial charge in [0.05, 0.1) is 16.1 Å². The summed E-state index contributed by atoms with van der Waals surface area (Å²) in [6, 6.07) is 8.37. The highest BCUT2D eigenvalue weighted by Gasteiger charge is 2.24. The van der Waals surface area contributed by atoms with Gasteiger partial charge in [0.2, 0.25) is 5.91 Å². The van der Waals surface area contributed by atoms with Crippen molar-refractivity contribution in [3.05, 3.63) is 35.5 Å². The summed E-state index contributed by atoms with van der Waals surface area (Å²) in [5, 5.41) is 5.73. The van der Waals surface area contributed by atoms with Gasteiger partial charge >= 0.3 is 0 Å². The van der Waals surface area contributed by atoms with Crippen LogP contribution in [0.3, 0.4) is 0 Å². The van der Waals surface area contributed by atoms with Gasteiger partial charge in [-0.1, -0.05) is 42.9 Å². The molecule has 0 N–H and O–H groups in total. The van der Waals surface area contributed by atoms with Gasteiger partial charge in [-0.15, -0.1) is 0 Å². The van der Waals surface area contributed by atoms with E-state index in [0.29, 0.717) is 0 Å². The maximum Gasteiger partial charge on any atom is 0.225 e. The van der Waals surface area contributed by atoms with Gasteiger partial charge in [-0.25, -0.2) is 4.68 Å². The molecule has 28 heavy (non-hydrogen) atoms. The Kier molecular flexibility index (Phi) is 5.10. The second kappa shape index (κ2) is 7.54. The summed E-state index contributed by atoms with van der Waals surface area (Å²) < 4.78 is 3.08. The molecule has 0 atom stereocenters. The molecule has 3 aromatic rings. The summed E-state index contributed by atoms with van der Waals surface area (Å²) in [6.07, 6.45) is 0.970. The molecule has 0 radical (unpaired) electrons. The minimum absolute atomic E-state index is 0.0529. The number of fused-ring (bicyclic) bond motifs is 1. The number of thiazole rings is 1. The maximum atomic E-state index is 12.3. The Morgan fingerprint density at radius 3 is 2.54 bits per heavy atom. The van der Waals surface area contributed by atoms with Crippen LogP contribution in [-0.2, 0) is 4.79 Å². The smallest absolute Gasteiger partial charge is 0.225 e. The van der Waals surface area contributed by atoms with E-state index in [1.165, 1.54) is 5.56 Å². The van der Waals surface area contributed by atoms with Gasteiger partial charge in [0.1, 0.15) is 0 Å². The summed E-state index contributed by atoms with van der Waals surface area (Å²) >= 11 is 1.70. The molecule has 3 heterocycles. The fraction of sp³-hybridized carbons (Fsp3) is 0.476. The number of carbonyl (C=O) groups is 1. The zero-order chi connectivity index (χ0) is 19.8. The third-order valence-electron chi connectivity index (χ3n) is 5.23. The summed E-state index contributed by atoms with van der Waals surface area (Å²) in [5.74, 6) is 0.300. The summed E-state index contributed by atoms with van der Waals surface area (Å²) in [5.41, 5.74) is 4.18. The van der Waals surface area contributed by atoms with Crippen molar-refractivity contribution in [1.29, 1.82) is 0 Å². The summed E-state index contributed by atoms with van der Waals surface area (Å²) in [6.45, 7) is 11.4. The van der Waals surface area contributed by atoms with Crippen LogP contribution in [0.25, 0.3) is 16.0 Å². The van der Waals surface area contributed by atoms with E-state index in [4.69, 9.17) is 10.1 Å². The molecule has 4 rings (SSSR count). The quantitative estimate of drug-likeness (QED) is 0.675. The molecule has 1 fully saturated rings. The van der Waals surface area contributed by atoms with Crippen LogP contribution < -0.4 is 4.90 Å². The van der Waals surface area contributed by atoms with Crippen LogP contribution in [0.4, 0.5) is 5.13 Å². The number of nitrogens with zero attached hydrogens (tertiary/aromatic N) is 5. The van der Waals surface area contributed by atoms with Crippen LogP contribution in [0, 0.1) is 19.8 Å². The van der Waals surface area contributed by atoms with Crippen LogP contribution in [-0.4, -0.2) is 51.8 Å². The van der Waals surface area contributed by atoms with E-state index in [-0.39, 0.29) is 11.8 Å². The van der Waals surface area contributed by atoms with E-state index >= 15 is 0 Å². The van der Waals surface area contributed by atoms with Gasteiger partial charge in [-0.2, -0.15) is 10.1 Å². The first-order valence-corrected chi connectivity index (χ1v) is 10.7. The first-order chi connectivity index (χ1) is 13.4. The topological polar surface area (TPSA) is 54.3 Å². The zero-order valence-electron chi connectivity index (χ0n) is 17.0. The molecule has 1 aliphatic rings. The molecule has 0 saturated carbocycles. The number of aryl methyl sites for hydroxylation is 2. The van der Waals surface area contributed by atoms with E-state index in [0.717, 1.165) is 59.5 Å². The van der Waals surface area contributed by atoms with Gasteiger partial charge in [0.25, 0.3) is 0 Å². The van der Waals surface area contributed by atoms with Crippen LogP contribution >= 0.6 is 11.3 Å². The van der Waals surface area contributed by atoms with E-state index in [2.05, 4.69) is 36.1 Å². The highest BCUT2D eigenvalue weighted by molar-refractivity contribution is 7.22. The Morgan fingerprint density at radius 1 is 1.07 bits per heavy atom. The van der Waals surface area contributed by atoms with Crippen LogP contribution in [0.5, 0.6) is 0 Å². The third kappa shape index (κ3) is 3.51. The van der Waals surface area contributed by atoms with Crippen LogP contribution in [0.2, 0.25) is 0 Å². The zero-order valence-corrected chi connectivity index (χ0v) is 17.8.